The summed E-state index contributed by atoms with van der Waals surface area (Å²) in [6.07, 6.45) is 2.17. The number of halogens is 1. The highest BCUT2D eigenvalue weighted by molar-refractivity contribution is 5.95. The molecule has 0 spiro atoms. The van der Waals surface area contributed by atoms with E-state index in [-0.39, 0.29) is 11.7 Å². The van der Waals surface area contributed by atoms with E-state index in [4.69, 9.17) is 0 Å². The van der Waals surface area contributed by atoms with Crippen LogP contribution in [-0.2, 0) is 13.1 Å². The van der Waals surface area contributed by atoms with E-state index in [2.05, 4.69) is 28.4 Å². The van der Waals surface area contributed by atoms with Crippen molar-refractivity contribution in [2.45, 2.75) is 38.8 Å². The van der Waals surface area contributed by atoms with Crippen LogP contribution in [0.5, 0.6) is 0 Å². The maximum atomic E-state index is 13.1. The van der Waals surface area contributed by atoms with Gasteiger partial charge in [0.15, 0.2) is 0 Å². The molecule has 1 heterocycles. The molecule has 1 N–H and O–H groups in total. The third-order valence-corrected chi connectivity index (χ3v) is 6.23. The first-order valence-electron chi connectivity index (χ1n) is 11.0. The van der Waals surface area contributed by atoms with Gasteiger partial charge in [-0.15, -0.1) is 0 Å². The minimum atomic E-state index is -0.186. The van der Waals surface area contributed by atoms with Gasteiger partial charge in [0.05, 0.1) is 0 Å². The molecular formula is C27H29FN2O. The van der Waals surface area contributed by atoms with E-state index in [1.807, 2.05) is 49.4 Å². The van der Waals surface area contributed by atoms with Gasteiger partial charge in [-0.3, -0.25) is 9.69 Å². The maximum absolute atomic E-state index is 13.1. The van der Waals surface area contributed by atoms with Gasteiger partial charge in [0.2, 0.25) is 0 Å². The molecule has 0 aromatic heterocycles. The third-order valence-electron chi connectivity index (χ3n) is 6.23. The van der Waals surface area contributed by atoms with Crippen LogP contribution in [0.2, 0.25) is 0 Å². The molecule has 0 bridgehead atoms. The van der Waals surface area contributed by atoms with E-state index < -0.39 is 0 Å². The number of aryl methyl sites for hydroxylation is 1. The number of carbonyl (C=O) groups is 1. The molecular weight excluding hydrogens is 387 g/mol. The molecule has 4 heteroatoms. The van der Waals surface area contributed by atoms with Crippen molar-refractivity contribution in [3.63, 3.8) is 0 Å². The molecule has 0 radical (unpaired) electrons. The van der Waals surface area contributed by atoms with Crippen molar-refractivity contribution in [2.24, 2.45) is 0 Å². The Hall–Kier alpha value is -2.98. The van der Waals surface area contributed by atoms with Gasteiger partial charge in [-0.05, 0) is 79.2 Å². The molecule has 31 heavy (non-hydrogen) atoms. The van der Waals surface area contributed by atoms with Gasteiger partial charge >= 0.3 is 0 Å². The summed E-state index contributed by atoms with van der Waals surface area (Å²) in [7, 11) is 0. The minimum Gasteiger partial charge on any atom is -0.348 e. The zero-order valence-corrected chi connectivity index (χ0v) is 18.0. The second-order valence-corrected chi connectivity index (χ2v) is 8.37. The molecule has 1 amide bonds. The van der Waals surface area contributed by atoms with E-state index in [0.717, 1.165) is 49.2 Å². The van der Waals surface area contributed by atoms with Crippen LogP contribution in [0.15, 0.2) is 72.8 Å². The van der Waals surface area contributed by atoms with Crippen molar-refractivity contribution in [1.29, 1.82) is 0 Å². The number of hydrogen-bond donors (Lipinski definition) is 1. The monoisotopic (exact) mass is 416 g/mol. The number of piperidine rings is 1. The topological polar surface area (TPSA) is 32.3 Å². The summed E-state index contributed by atoms with van der Waals surface area (Å²) in [4.78, 5) is 15.1. The molecule has 0 unspecified atom stereocenters. The standard InChI is InChI=1S/C27H29FN2O/c1-20-6-2-4-8-25(20)27(31)29-18-23-7-3-5-9-26(23)22-14-16-30(17-15-22)19-21-10-12-24(28)13-11-21/h2-13,22H,14-19H2,1H3,(H,29,31). The van der Waals surface area contributed by atoms with Gasteiger partial charge in [0, 0.05) is 18.7 Å². The molecule has 0 aliphatic carbocycles. The molecule has 1 fully saturated rings. The molecule has 160 valence electrons. The Kier molecular flexibility index (Phi) is 6.78. The van der Waals surface area contributed by atoms with Gasteiger partial charge in [-0.25, -0.2) is 4.39 Å². The van der Waals surface area contributed by atoms with Crippen molar-refractivity contribution in [2.75, 3.05) is 13.1 Å². The molecule has 1 aliphatic heterocycles. The van der Waals surface area contributed by atoms with Crippen LogP contribution in [0.3, 0.4) is 0 Å². The minimum absolute atomic E-state index is 0.0259. The Morgan fingerprint density at radius 1 is 0.968 bits per heavy atom. The van der Waals surface area contributed by atoms with Crippen molar-refractivity contribution in [3.8, 4) is 0 Å². The molecule has 1 aliphatic rings. The average Bonchev–Trinajstić information content (AvgIpc) is 2.80. The molecule has 3 aromatic rings. The number of benzene rings is 3. The summed E-state index contributed by atoms with van der Waals surface area (Å²) >= 11 is 0. The lowest BCUT2D eigenvalue weighted by atomic mass is 9.86. The highest BCUT2D eigenvalue weighted by Crippen LogP contribution is 2.31. The second-order valence-electron chi connectivity index (χ2n) is 8.37. The lowest BCUT2D eigenvalue weighted by Gasteiger charge is -2.33. The fraction of sp³-hybridized carbons (Fsp3) is 0.296. The SMILES string of the molecule is Cc1ccccc1C(=O)NCc1ccccc1C1CCN(Cc2ccc(F)cc2)CC1. The summed E-state index contributed by atoms with van der Waals surface area (Å²) < 4.78 is 13.1. The number of rotatable bonds is 6. The van der Waals surface area contributed by atoms with Crippen LogP contribution in [0, 0.1) is 12.7 Å². The smallest absolute Gasteiger partial charge is 0.251 e. The lowest BCUT2D eigenvalue weighted by molar-refractivity contribution is 0.0950. The summed E-state index contributed by atoms with van der Waals surface area (Å²) in [5.41, 5.74) is 5.41. The number of carbonyl (C=O) groups excluding carboxylic acids is 1. The fourth-order valence-corrected chi connectivity index (χ4v) is 4.44. The molecule has 0 atom stereocenters. The Bertz CT molecular complexity index is 1020. The first kappa shape index (κ1) is 21.3. The Balaban J connectivity index is 1.36. The fourth-order valence-electron chi connectivity index (χ4n) is 4.44. The van der Waals surface area contributed by atoms with Gasteiger partial charge in [-0.2, -0.15) is 0 Å². The number of likely N-dealkylation sites (tertiary alicyclic amines) is 1. The van der Waals surface area contributed by atoms with Gasteiger partial charge in [0.25, 0.3) is 5.91 Å². The highest BCUT2D eigenvalue weighted by Gasteiger charge is 2.22. The van der Waals surface area contributed by atoms with Crippen molar-refractivity contribution >= 4 is 5.91 Å². The Morgan fingerprint density at radius 2 is 1.65 bits per heavy atom. The predicted molar refractivity (Wildman–Crippen MR) is 122 cm³/mol. The van der Waals surface area contributed by atoms with Crippen LogP contribution in [0.4, 0.5) is 4.39 Å². The second kappa shape index (κ2) is 9.88. The maximum Gasteiger partial charge on any atom is 0.251 e. The van der Waals surface area contributed by atoms with Crippen LogP contribution < -0.4 is 5.32 Å². The largest absolute Gasteiger partial charge is 0.348 e. The van der Waals surface area contributed by atoms with Gasteiger partial charge in [-0.1, -0.05) is 54.6 Å². The molecule has 4 rings (SSSR count). The lowest BCUT2D eigenvalue weighted by Crippen LogP contribution is -2.33. The summed E-state index contributed by atoms with van der Waals surface area (Å²) in [6.45, 7) is 5.40. The van der Waals surface area contributed by atoms with E-state index in [1.165, 1.54) is 23.3 Å². The van der Waals surface area contributed by atoms with Crippen molar-refractivity contribution < 1.29 is 9.18 Å². The summed E-state index contributed by atoms with van der Waals surface area (Å²) in [5.74, 6) is 0.284. The molecule has 1 saturated heterocycles. The van der Waals surface area contributed by atoms with Crippen molar-refractivity contribution in [1.82, 2.24) is 10.2 Å². The van der Waals surface area contributed by atoms with Crippen LogP contribution in [0.25, 0.3) is 0 Å². The number of hydrogen-bond acceptors (Lipinski definition) is 2. The highest BCUT2D eigenvalue weighted by atomic mass is 19.1. The van der Waals surface area contributed by atoms with E-state index in [0.29, 0.717) is 12.5 Å². The quantitative estimate of drug-likeness (QED) is 0.580. The van der Waals surface area contributed by atoms with Crippen LogP contribution >= 0.6 is 0 Å². The molecule has 3 nitrogen and oxygen atoms in total. The number of nitrogens with one attached hydrogen (secondary N) is 1. The summed E-state index contributed by atoms with van der Waals surface area (Å²) in [5, 5.41) is 3.10. The van der Waals surface area contributed by atoms with Gasteiger partial charge < -0.3 is 5.32 Å². The number of amides is 1. The van der Waals surface area contributed by atoms with Gasteiger partial charge in [0.1, 0.15) is 5.82 Å². The van der Waals surface area contributed by atoms with E-state index >= 15 is 0 Å². The van der Waals surface area contributed by atoms with E-state index in [9.17, 15) is 9.18 Å². The predicted octanol–water partition coefficient (Wildman–Crippen LogP) is 5.44. The summed E-state index contributed by atoms with van der Waals surface area (Å²) in [6, 6.07) is 22.9. The number of nitrogens with zero attached hydrogens (tertiary/aromatic N) is 1. The van der Waals surface area contributed by atoms with Crippen LogP contribution in [0.1, 0.15) is 51.4 Å². The Labute approximate surface area is 183 Å². The zero-order valence-electron chi connectivity index (χ0n) is 18.0. The van der Waals surface area contributed by atoms with Crippen molar-refractivity contribution in [3.05, 3.63) is 106 Å². The van der Waals surface area contributed by atoms with E-state index in [1.54, 1.807) is 0 Å². The molecule has 3 aromatic carbocycles. The third kappa shape index (κ3) is 5.39. The first-order valence-corrected chi connectivity index (χ1v) is 11.0. The zero-order chi connectivity index (χ0) is 21.6. The first-order chi connectivity index (χ1) is 15.1. The average molecular weight is 417 g/mol. The molecule has 0 saturated carbocycles. The van der Waals surface area contributed by atoms with Crippen LogP contribution in [-0.4, -0.2) is 23.9 Å². The Morgan fingerprint density at radius 3 is 2.39 bits per heavy atom. The normalized spacial score (nSPS) is 15.0.